The van der Waals surface area contributed by atoms with Crippen LogP contribution in [0.25, 0.3) is 0 Å². The first-order valence-electron chi connectivity index (χ1n) is 22.7. The first-order chi connectivity index (χ1) is 30.3. The fraction of sp³-hybridized carbons (Fsp3) is 0.633. The van der Waals surface area contributed by atoms with E-state index in [0.717, 1.165) is 11.1 Å². The highest BCUT2D eigenvalue weighted by molar-refractivity contribution is 5.90. The van der Waals surface area contributed by atoms with Crippen molar-refractivity contribution in [3.63, 3.8) is 0 Å². The Morgan fingerprint density at radius 2 is 1.47 bits per heavy atom. The van der Waals surface area contributed by atoms with Crippen LogP contribution in [0, 0.1) is 23.7 Å². The lowest BCUT2D eigenvalue weighted by Crippen LogP contribution is -2.60. The summed E-state index contributed by atoms with van der Waals surface area (Å²) in [6.45, 7) is 14.5. The van der Waals surface area contributed by atoms with Crippen LogP contribution in [0.1, 0.15) is 95.6 Å². The van der Waals surface area contributed by atoms with Crippen LogP contribution in [0.15, 0.2) is 54.6 Å². The Kier molecular flexibility index (Phi) is 21.4. The van der Waals surface area contributed by atoms with Crippen LogP contribution < -0.4 is 10.6 Å². The highest BCUT2D eigenvalue weighted by Gasteiger charge is 2.43. The Labute approximate surface area is 380 Å². The predicted molar refractivity (Wildman–Crippen MR) is 245 cm³/mol. The second-order valence-corrected chi connectivity index (χ2v) is 18.0. The number of benzene rings is 2. The lowest BCUT2D eigenvalue weighted by Gasteiger charge is -2.41. The van der Waals surface area contributed by atoms with Gasteiger partial charge in [-0.3, -0.25) is 24.1 Å². The maximum atomic E-state index is 14.6. The van der Waals surface area contributed by atoms with Gasteiger partial charge < -0.3 is 39.8 Å². The van der Waals surface area contributed by atoms with Gasteiger partial charge in [0.1, 0.15) is 12.1 Å². The Morgan fingerprint density at radius 1 is 0.828 bits per heavy atom. The lowest BCUT2D eigenvalue weighted by molar-refractivity contribution is -0.149. The van der Waals surface area contributed by atoms with Gasteiger partial charge in [0.2, 0.25) is 23.6 Å². The molecule has 1 aliphatic heterocycles. The highest BCUT2D eigenvalue weighted by atomic mass is 16.5. The molecule has 1 saturated heterocycles. The average molecular weight is 894 g/mol. The number of carbonyl (C=O) groups excluding carboxylic acids is 5. The smallest absolute Gasteiger partial charge is 0.335 e. The molecule has 9 atom stereocenters. The number of nitrogens with one attached hydrogen (secondary N) is 2. The summed E-state index contributed by atoms with van der Waals surface area (Å²) in [5.41, 5.74) is 2.02. The van der Waals surface area contributed by atoms with E-state index in [2.05, 4.69) is 10.6 Å². The summed E-state index contributed by atoms with van der Waals surface area (Å²) >= 11 is 0. The van der Waals surface area contributed by atoms with E-state index in [0.29, 0.717) is 38.8 Å². The summed E-state index contributed by atoms with van der Waals surface area (Å²) in [7, 11) is 7.92. The monoisotopic (exact) mass is 894 g/mol. The topological polar surface area (TPSA) is 184 Å². The van der Waals surface area contributed by atoms with E-state index in [1.165, 1.54) is 21.3 Å². The van der Waals surface area contributed by atoms with E-state index in [1.807, 2.05) is 83.8 Å². The standard InChI is InChI=1S/C49H75N5O10/c1-13-32(6)43(53(9)47(58)41(30(2)3)51-46(57)42(31(4)5)52(8)27-25-34-21-23-36(24-22-34)48(59)60)39(62-10)29-40(55)54-26-17-20-38(54)44(63-11)33(7)45(56)50-37(49(61)64-12)28-35-18-15-14-16-19-35/h14-16,18-19,21-24,30-33,37-39,41-44H,13,17,20,25-29H2,1-12H3,(H,50,56)(H,51,57)(H,59,60)/t32-,33+,37-,38?,39+,41-,42?,43-,44+/m0/s1. The molecule has 1 fully saturated rings. The summed E-state index contributed by atoms with van der Waals surface area (Å²) in [5, 5.41) is 15.2. The minimum atomic E-state index is -0.989. The van der Waals surface area contributed by atoms with Crippen LogP contribution in [0.4, 0.5) is 0 Å². The molecule has 15 nitrogen and oxygen atoms in total. The number of likely N-dealkylation sites (tertiary alicyclic amines) is 1. The van der Waals surface area contributed by atoms with Crippen LogP contribution in [-0.2, 0) is 51.0 Å². The highest BCUT2D eigenvalue weighted by Crippen LogP contribution is 2.30. The van der Waals surface area contributed by atoms with Gasteiger partial charge in [0.05, 0.1) is 55.3 Å². The number of hydrogen-bond acceptors (Lipinski definition) is 10. The van der Waals surface area contributed by atoms with E-state index in [1.54, 1.807) is 48.0 Å². The Hall–Kier alpha value is -4.86. The van der Waals surface area contributed by atoms with Gasteiger partial charge in [0.25, 0.3) is 0 Å². The number of rotatable bonds is 25. The van der Waals surface area contributed by atoms with Crippen molar-refractivity contribution in [2.24, 2.45) is 23.7 Å². The second-order valence-electron chi connectivity index (χ2n) is 18.0. The number of amides is 4. The number of likely N-dealkylation sites (N-methyl/N-ethyl adjacent to an activating group) is 2. The SMILES string of the molecule is CC[C@H](C)[C@@H]([C@@H](CC(=O)N1CCCC1[C@H](OC)[C@@H](C)C(=O)N[C@@H](Cc1ccccc1)C(=O)OC)OC)N(C)C(=O)[C@@H](NC(=O)C(C(C)C)N(C)CCc1ccc(C(=O)O)cc1)C(C)C. The third kappa shape index (κ3) is 14.3. The number of carbonyl (C=O) groups is 6. The molecule has 1 heterocycles. The summed E-state index contributed by atoms with van der Waals surface area (Å²) in [6, 6.07) is 12.8. The van der Waals surface area contributed by atoms with Gasteiger partial charge in [-0.1, -0.05) is 97.4 Å². The van der Waals surface area contributed by atoms with Crippen molar-refractivity contribution >= 4 is 35.6 Å². The molecule has 1 aliphatic rings. The van der Waals surface area contributed by atoms with Gasteiger partial charge in [-0.15, -0.1) is 0 Å². The van der Waals surface area contributed by atoms with E-state index in [9.17, 15) is 33.9 Å². The molecule has 2 aromatic carbocycles. The molecular formula is C49H75N5O10. The summed E-state index contributed by atoms with van der Waals surface area (Å²) < 4.78 is 17.0. The fourth-order valence-electron chi connectivity index (χ4n) is 9.04. The number of carboxylic acids is 1. The minimum absolute atomic E-state index is 0.0317. The summed E-state index contributed by atoms with van der Waals surface area (Å²) in [6.07, 6.45) is 1.45. The Bertz CT molecular complexity index is 1830. The van der Waals surface area contributed by atoms with Gasteiger partial charge in [0, 0.05) is 40.8 Å². The maximum Gasteiger partial charge on any atom is 0.335 e. The maximum absolute atomic E-state index is 14.6. The average Bonchev–Trinajstić information content (AvgIpc) is 3.76. The second kappa shape index (κ2) is 25.6. The number of nitrogens with zero attached hydrogens (tertiary/aromatic N) is 3. The zero-order valence-electron chi connectivity index (χ0n) is 40.2. The molecule has 4 amide bonds. The molecule has 64 heavy (non-hydrogen) atoms. The van der Waals surface area contributed by atoms with Crippen LogP contribution in [0.2, 0.25) is 0 Å². The number of aromatic carboxylic acids is 1. The molecular weight excluding hydrogens is 819 g/mol. The molecule has 0 saturated carbocycles. The molecule has 3 rings (SSSR count). The van der Waals surface area contributed by atoms with Gasteiger partial charge in [-0.2, -0.15) is 0 Å². The van der Waals surface area contributed by atoms with E-state index < -0.39 is 66.2 Å². The normalized spacial score (nSPS) is 17.8. The van der Waals surface area contributed by atoms with Crippen molar-refractivity contribution in [2.75, 3.05) is 48.5 Å². The summed E-state index contributed by atoms with van der Waals surface area (Å²) in [4.78, 5) is 86.2. The third-order valence-corrected chi connectivity index (χ3v) is 12.9. The predicted octanol–water partition coefficient (Wildman–Crippen LogP) is 4.85. The molecule has 15 heteroatoms. The van der Waals surface area contributed by atoms with Gasteiger partial charge in [-0.05, 0) is 67.3 Å². The quantitative estimate of drug-likeness (QED) is 0.116. The number of carboxylic acid groups (broad SMARTS) is 1. The van der Waals surface area contributed by atoms with E-state index in [4.69, 9.17) is 14.2 Å². The van der Waals surface area contributed by atoms with Crippen LogP contribution >= 0.6 is 0 Å². The molecule has 0 radical (unpaired) electrons. The molecule has 0 spiro atoms. The number of ether oxygens (including phenoxy) is 3. The van der Waals surface area contributed by atoms with Gasteiger partial charge >= 0.3 is 11.9 Å². The minimum Gasteiger partial charge on any atom is -0.478 e. The van der Waals surface area contributed by atoms with Gasteiger partial charge in [-0.25, -0.2) is 9.59 Å². The van der Waals surface area contributed by atoms with Crippen molar-refractivity contribution in [1.82, 2.24) is 25.3 Å². The van der Waals surface area contributed by atoms with Crippen molar-refractivity contribution in [3.8, 4) is 0 Å². The van der Waals surface area contributed by atoms with Crippen molar-refractivity contribution in [3.05, 3.63) is 71.3 Å². The molecule has 356 valence electrons. The zero-order chi connectivity index (χ0) is 47.8. The third-order valence-electron chi connectivity index (χ3n) is 12.9. The van der Waals surface area contributed by atoms with Crippen LogP contribution in [-0.4, -0.2) is 146 Å². The van der Waals surface area contributed by atoms with Crippen LogP contribution in [0.5, 0.6) is 0 Å². The summed E-state index contributed by atoms with van der Waals surface area (Å²) in [5.74, 6) is -3.86. The molecule has 0 aromatic heterocycles. The number of methoxy groups -OCH3 is 3. The Balaban J connectivity index is 1.77. The van der Waals surface area contributed by atoms with Crippen molar-refractivity contribution in [2.45, 2.75) is 129 Å². The number of hydrogen-bond donors (Lipinski definition) is 3. The van der Waals surface area contributed by atoms with E-state index >= 15 is 0 Å². The molecule has 2 unspecified atom stereocenters. The largest absolute Gasteiger partial charge is 0.478 e. The van der Waals surface area contributed by atoms with Crippen molar-refractivity contribution in [1.29, 1.82) is 0 Å². The molecule has 0 aliphatic carbocycles. The molecule has 0 bridgehead atoms. The van der Waals surface area contributed by atoms with E-state index in [-0.39, 0.29) is 53.9 Å². The van der Waals surface area contributed by atoms with Crippen LogP contribution in [0.3, 0.4) is 0 Å². The zero-order valence-corrected chi connectivity index (χ0v) is 40.2. The van der Waals surface area contributed by atoms with Crippen molar-refractivity contribution < 1.29 is 48.1 Å². The lowest BCUT2D eigenvalue weighted by atomic mass is 9.89. The fourth-order valence-corrected chi connectivity index (χ4v) is 9.04. The Morgan fingerprint density at radius 3 is 2.00 bits per heavy atom. The molecule has 2 aromatic rings. The number of esters is 1. The first-order valence-corrected chi connectivity index (χ1v) is 22.7. The first kappa shape index (κ1) is 53.5. The van der Waals surface area contributed by atoms with Gasteiger partial charge in [0.15, 0.2) is 0 Å². The molecule has 3 N–H and O–H groups in total.